The minimum absolute atomic E-state index is 0.117. The Hall–Kier alpha value is -2.44. The average Bonchev–Trinajstić information content (AvgIpc) is 2.62. The summed E-state index contributed by atoms with van der Waals surface area (Å²) in [6.45, 7) is 0.170. The summed E-state index contributed by atoms with van der Waals surface area (Å²) in [5.41, 5.74) is 0.875. The molecule has 0 saturated heterocycles. The lowest BCUT2D eigenvalue weighted by atomic mass is 10.0. The molecule has 0 spiro atoms. The molecule has 0 unspecified atom stereocenters. The van der Waals surface area contributed by atoms with Gasteiger partial charge in [0.25, 0.3) is 0 Å². The fourth-order valence-corrected chi connectivity index (χ4v) is 4.09. The van der Waals surface area contributed by atoms with Crippen molar-refractivity contribution in [2.45, 2.75) is 11.4 Å². The molecule has 130 valence electrons. The zero-order valence-electron chi connectivity index (χ0n) is 13.9. The average molecular weight is 359 g/mol. The standard InChI is InChI=1S/C19H18FNO3S/c1-21(13-15-8-5-7-14-6-3-4-9-17(14)15)25(22,23)19-12-16(20)10-11-18(19)24-2/h3-12H,13H2,1-2H3. The number of hydrogen-bond donors (Lipinski definition) is 0. The molecule has 25 heavy (non-hydrogen) atoms. The molecule has 4 nitrogen and oxygen atoms in total. The van der Waals surface area contributed by atoms with Crippen LogP contribution in [-0.2, 0) is 16.6 Å². The monoisotopic (exact) mass is 359 g/mol. The van der Waals surface area contributed by atoms with Gasteiger partial charge in [-0.1, -0.05) is 42.5 Å². The molecule has 6 heteroatoms. The summed E-state index contributed by atoms with van der Waals surface area (Å²) in [6, 6.07) is 17.0. The van der Waals surface area contributed by atoms with Gasteiger partial charge in [0, 0.05) is 13.6 Å². The largest absolute Gasteiger partial charge is 0.495 e. The van der Waals surface area contributed by atoms with Gasteiger partial charge in [-0.05, 0) is 34.5 Å². The van der Waals surface area contributed by atoms with Crippen molar-refractivity contribution in [3.8, 4) is 5.75 Å². The van der Waals surface area contributed by atoms with E-state index >= 15 is 0 Å². The zero-order chi connectivity index (χ0) is 18.0. The van der Waals surface area contributed by atoms with Crippen LogP contribution in [0.5, 0.6) is 5.75 Å². The molecule has 0 aliphatic heterocycles. The quantitative estimate of drug-likeness (QED) is 0.696. The minimum atomic E-state index is -3.90. The lowest BCUT2D eigenvalue weighted by Gasteiger charge is -2.20. The third kappa shape index (κ3) is 3.36. The molecule has 0 aromatic heterocycles. The highest BCUT2D eigenvalue weighted by Gasteiger charge is 2.26. The van der Waals surface area contributed by atoms with Gasteiger partial charge in [-0.3, -0.25) is 0 Å². The van der Waals surface area contributed by atoms with Crippen LogP contribution in [0.25, 0.3) is 10.8 Å². The topological polar surface area (TPSA) is 46.6 Å². The summed E-state index contributed by atoms with van der Waals surface area (Å²) in [5, 5.41) is 2.02. The van der Waals surface area contributed by atoms with Crippen molar-refractivity contribution in [3.63, 3.8) is 0 Å². The predicted molar refractivity (Wildman–Crippen MR) is 95.6 cm³/mol. The number of hydrogen-bond acceptors (Lipinski definition) is 3. The molecular weight excluding hydrogens is 341 g/mol. The second-order valence-corrected chi connectivity index (χ2v) is 7.71. The van der Waals surface area contributed by atoms with Crippen LogP contribution in [-0.4, -0.2) is 26.9 Å². The highest BCUT2D eigenvalue weighted by atomic mass is 32.2. The molecule has 0 saturated carbocycles. The van der Waals surface area contributed by atoms with Crippen LogP contribution >= 0.6 is 0 Å². The lowest BCUT2D eigenvalue weighted by Crippen LogP contribution is -2.27. The van der Waals surface area contributed by atoms with Crippen LogP contribution in [0.1, 0.15) is 5.56 Å². The maximum atomic E-state index is 13.6. The summed E-state index contributed by atoms with van der Waals surface area (Å²) in [7, 11) is -1.07. The Balaban J connectivity index is 2.00. The zero-order valence-corrected chi connectivity index (χ0v) is 14.8. The Morgan fingerprint density at radius 3 is 2.52 bits per heavy atom. The van der Waals surface area contributed by atoms with E-state index in [-0.39, 0.29) is 17.2 Å². The van der Waals surface area contributed by atoms with E-state index in [1.165, 1.54) is 30.6 Å². The molecule has 3 aromatic rings. The molecule has 0 amide bonds. The van der Waals surface area contributed by atoms with Gasteiger partial charge < -0.3 is 4.74 Å². The summed E-state index contributed by atoms with van der Waals surface area (Å²) >= 11 is 0. The van der Waals surface area contributed by atoms with E-state index in [4.69, 9.17) is 4.74 Å². The van der Waals surface area contributed by atoms with Crippen molar-refractivity contribution < 1.29 is 17.5 Å². The third-order valence-electron chi connectivity index (χ3n) is 4.09. The molecule has 0 heterocycles. The van der Waals surface area contributed by atoms with Crippen LogP contribution in [0, 0.1) is 5.82 Å². The van der Waals surface area contributed by atoms with Crippen molar-refractivity contribution in [2.75, 3.05) is 14.2 Å². The Bertz CT molecular complexity index is 1010. The summed E-state index contributed by atoms with van der Waals surface area (Å²) in [5.74, 6) is -0.510. The first-order valence-corrected chi connectivity index (χ1v) is 9.14. The number of ether oxygens (including phenoxy) is 1. The van der Waals surface area contributed by atoms with Gasteiger partial charge >= 0.3 is 0 Å². The first kappa shape index (κ1) is 17.4. The van der Waals surface area contributed by atoms with Crippen LogP contribution in [0.15, 0.2) is 65.6 Å². The van der Waals surface area contributed by atoms with E-state index in [9.17, 15) is 12.8 Å². The third-order valence-corrected chi connectivity index (χ3v) is 5.91. The normalized spacial score (nSPS) is 11.8. The minimum Gasteiger partial charge on any atom is -0.495 e. The van der Waals surface area contributed by atoms with Gasteiger partial charge in [0.2, 0.25) is 10.0 Å². The summed E-state index contributed by atoms with van der Waals surface area (Å²) in [4.78, 5) is -0.183. The van der Waals surface area contributed by atoms with E-state index < -0.39 is 15.8 Å². The summed E-state index contributed by atoms with van der Waals surface area (Å²) < 4.78 is 45.6. The maximum Gasteiger partial charge on any atom is 0.246 e. The Morgan fingerprint density at radius 1 is 1.04 bits per heavy atom. The number of nitrogens with zero attached hydrogens (tertiary/aromatic N) is 1. The molecular formula is C19H18FNO3S. The van der Waals surface area contributed by atoms with Crippen molar-refractivity contribution >= 4 is 20.8 Å². The van der Waals surface area contributed by atoms with E-state index in [1.807, 2.05) is 42.5 Å². The van der Waals surface area contributed by atoms with Crippen molar-refractivity contribution in [3.05, 3.63) is 72.0 Å². The molecule has 0 fully saturated rings. The fourth-order valence-electron chi connectivity index (χ4n) is 2.78. The second-order valence-electron chi connectivity index (χ2n) is 5.69. The number of rotatable bonds is 5. The van der Waals surface area contributed by atoms with Crippen LogP contribution in [0.3, 0.4) is 0 Å². The molecule has 0 atom stereocenters. The first-order chi connectivity index (χ1) is 11.9. The number of halogens is 1. The number of methoxy groups -OCH3 is 1. The maximum absolute atomic E-state index is 13.6. The van der Waals surface area contributed by atoms with Crippen LogP contribution in [0.2, 0.25) is 0 Å². The molecule has 0 bridgehead atoms. The fraction of sp³-hybridized carbons (Fsp3) is 0.158. The van der Waals surface area contributed by atoms with Gasteiger partial charge in [-0.2, -0.15) is 4.31 Å². The Morgan fingerprint density at radius 2 is 1.76 bits per heavy atom. The smallest absolute Gasteiger partial charge is 0.246 e. The predicted octanol–water partition coefficient (Wildman–Crippen LogP) is 3.81. The highest BCUT2D eigenvalue weighted by Crippen LogP contribution is 2.28. The van der Waals surface area contributed by atoms with E-state index in [1.54, 1.807) is 0 Å². The van der Waals surface area contributed by atoms with Crippen molar-refractivity contribution in [1.29, 1.82) is 0 Å². The molecule has 0 aliphatic carbocycles. The molecule has 3 rings (SSSR count). The number of benzene rings is 3. The van der Waals surface area contributed by atoms with Gasteiger partial charge in [0.15, 0.2) is 0 Å². The lowest BCUT2D eigenvalue weighted by molar-refractivity contribution is 0.395. The molecule has 0 radical (unpaired) electrons. The van der Waals surface area contributed by atoms with Crippen molar-refractivity contribution in [1.82, 2.24) is 4.31 Å². The SMILES string of the molecule is COc1ccc(F)cc1S(=O)(=O)N(C)Cc1cccc2ccccc12. The van der Waals surface area contributed by atoms with Crippen LogP contribution in [0.4, 0.5) is 4.39 Å². The highest BCUT2D eigenvalue weighted by molar-refractivity contribution is 7.89. The second kappa shape index (κ2) is 6.82. The summed E-state index contributed by atoms with van der Waals surface area (Å²) in [6.07, 6.45) is 0. The van der Waals surface area contributed by atoms with E-state index in [0.29, 0.717) is 0 Å². The van der Waals surface area contributed by atoms with E-state index in [0.717, 1.165) is 22.4 Å². The Kier molecular flexibility index (Phi) is 4.74. The van der Waals surface area contributed by atoms with Gasteiger partial charge in [0.05, 0.1) is 7.11 Å². The molecule has 3 aromatic carbocycles. The Labute approximate surface area is 146 Å². The van der Waals surface area contributed by atoms with Gasteiger partial charge in [-0.25, -0.2) is 12.8 Å². The number of fused-ring (bicyclic) bond motifs is 1. The van der Waals surface area contributed by atoms with Gasteiger partial charge in [-0.15, -0.1) is 0 Å². The van der Waals surface area contributed by atoms with Crippen LogP contribution < -0.4 is 4.74 Å². The number of sulfonamides is 1. The molecule has 0 aliphatic rings. The first-order valence-electron chi connectivity index (χ1n) is 7.70. The molecule has 0 N–H and O–H groups in total. The van der Waals surface area contributed by atoms with Gasteiger partial charge in [0.1, 0.15) is 16.5 Å². The van der Waals surface area contributed by atoms with Crippen molar-refractivity contribution in [2.24, 2.45) is 0 Å². The van der Waals surface area contributed by atoms with E-state index in [2.05, 4.69) is 0 Å².